The average Bonchev–Trinajstić information content (AvgIpc) is 3.22. The maximum Gasteiger partial charge on any atom is 0.0386 e. The molecule has 51 heavy (non-hydrogen) atoms. The molecule has 0 heterocycles. The topological polar surface area (TPSA) is 12.0 Å². The van der Waals surface area contributed by atoms with Crippen LogP contribution in [-0.4, -0.2) is 7.05 Å². The van der Waals surface area contributed by atoms with Gasteiger partial charge in [-0.25, -0.2) is 0 Å². The molecule has 7 aromatic rings. The number of hydrogen-bond acceptors (Lipinski definition) is 1. The van der Waals surface area contributed by atoms with Gasteiger partial charge in [0.15, 0.2) is 0 Å². The standard InChI is InChI=1S/C48H39N.C2H6/c1-49-48(33-47(37-18-6-3-7-19-37)44-23-13-12-22-43(44)36-16-4-2-5-17-36)45-29-28-41(40-26-24-34-14-8-10-20-38(34)30-40)32-46(45)42-27-25-35-15-9-11-21-39(35)31-42;1-2/h3-4,6-33,47,49H,2,5H2,1H3;1-2H3/b48-33-;. The number of allylic oxidation sites excluding steroid dienone is 5. The summed E-state index contributed by atoms with van der Waals surface area (Å²) in [6.07, 6.45) is 11.6. The second kappa shape index (κ2) is 15.7. The first-order valence-electron chi connectivity index (χ1n) is 18.3. The van der Waals surface area contributed by atoms with Gasteiger partial charge in [0.25, 0.3) is 0 Å². The minimum Gasteiger partial charge on any atom is -0.388 e. The van der Waals surface area contributed by atoms with Crippen molar-refractivity contribution in [1.82, 2.24) is 5.32 Å². The molecule has 1 aliphatic carbocycles. The Morgan fingerprint density at radius 2 is 1.14 bits per heavy atom. The van der Waals surface area contributed by atoms with Crippen LogP contribution < -0.4 is 5.32 Å². The summed E-state index contributed by atoms with van der Waals surface area (Å²) in [4.78, 5) is 0. The Labute approximate surface area is 303 Å². The summed E-state index contributed by atoms with van der Waals surface area (Å²) < 4.78 is 0. The smallest absolute Gasteiger partial charge is 0.0386 e. The predicted octanol–water partition coefficient (Wildman–Crippen LogP) is 13.5. The van der Waals surface area contributed by atoms with E-state index in [-0.39, 0.29) is 5.92 Å². The highest BCUT2D eigenvalue weighted by molar-refractivity contribution is 5.93. The van der Waals surface area contributed by atoms with Gasteiger partial charge in [0, 0.05) is 24.2 Å². The largest absolute Gasteiger partial charge is 0.388 e. The van der Waals surface area contributed by atoms with E-state index in [9.17, 15) is 0 Å². The van der Waals surface area contributed by atoms with E-state index in [1.165, 1.54) is 71.6 Å². The zero-order valence-electron chi connectivity index (χ0n) is 29.8. The second-order valence-corrected chi connectivity index (χ2v) is 12.8. The molecule has 0 saturated carbocycles. The van der Waals surface area contributed by atoms with Gasteiger partial charge in [-0.05, 0) is 103 Å². The molecule has 1 atom stereocenters. The fourth-order valence-corrected chi connectivity index (χ4v) is 7.27. The molecule has 7 aromatic carbocycles. The van der Waals surface area contributed by atoms with E-state index in [4.69, 9.17) is 0 Å². The molecule has 0 radical (unpaired) electrons. The summed E-state index contributed by atoms with van der Waals surface area (Å²) in [5.74, 6) is 0.0423. The van der Waals surface area contributed by atoms with Crippen molar-refractivity contribution < 1.29 is 0 Å². The van der Waals surface area contributed by atoms with Crippen LogP contribution in [0, 0.1) is 0 Å². The lowest BCUT2D eigenvalue weighted by Crippen LogP contribution is -2.10. The molecule has 1 unspecified atom stereocenters. The second-order valence-electron chi connectivity index (χ2n) is 12.8. The summed E-state index contributed by atoms with van der Waals surface area (Å²) in [7, 11) is 2.05. The third-order valence-electron chi connectivity index (χ3n) is 9.82. The van der Waals surface area contributed by atoms with Crippen molar-refractivity contribution in [2.45, 2.75) is 32.6 Å². The molecule has 0 bridgehead atoms. The molecule has 1 nitrogen and oxygen atoms in total. The van der Waals surface area contributed by atoms with Gasteiger partial charge in [0.2, 0.25) is 0 Å². The van der Waals surface area contributed by atoms with Crippen LogP contribution in [0.4, 0.5) is 0 Å². The van der Waals surface area contributed by atoms with Gasteiger partial charge in [-0.15, -0.1) is 0 Å². The highest BCUT2D eigenvalue weighted by Gasteiger charge is 2.20. The van der Waals surface area contributed by atoms with Crippen LogP contribution in [0.5, 0.6) is 0 Å². The van der Waals surface area contributed by atoms with Crippen LogP contribution in [0.3, 0.4) is 0 Å². The Balaban J connectivity index is 0.00000200. The van der Waals surface area contributed by atoms with Crippen LogP contribution in [-0.2, 0) is 0 Å². The number of nitrogens with one attached hydrogen (secondary N) is 1. The first-order valence-corrected chi connectivity index (χ1v) is 18.3. The Hall–Kier alpha value is -5.92. The summed E-state index contributed by atoms with van der Waals surface area (Å²) in [6.45, 7) is 4.00. The lowest BCUT2D eigenvalue weighted by Gasteiger charge is -2.23. The van der Waals surface area contributed by atoms with Gasteiger partial charge in [-0.3, -0.25) is 0 Å². The van der Waals surface area contributed by atoms with Crippen molar-refractivity contribution in [2.75, 3.05) is 7.05 Å². The molecule has 0 fully saturated rings. The molecule has 250 valence electrons. The van der Waals surface area contributed by atoms with Gasteiger partial charge in [0.1, 0.15) is 0 Å². The van der Waals surface area contributed by atoms with Gasteiger partial charge in [0.05, 0.1) is 0 Å². The Bertz CT molecular complexity index is 2370. The predicted molar refractivity (Wildman–Crippen MR) is 222 cm³/mol. The van der Waals surface area contributed by atoms with Crippen LogP contribution >= 0.6 is 0 Å². The van der Waals surface area contributed by atoms with Crippen LogP contribution in [0.25, 0.3) is 55.1 Å². The summed E-state index contributed by atoms with van der Waals surface area (Å²) in [5, 5.41) is 8.64. The van der Waals surface area contributed by atoms with Gasteiger partial charge < -0.3 is 5.32 Å². The molecule has 0 aromatic heterocycles. The molecule has 8 rings (SSSR count). The Morgan fingerprint density at radius 3 is 1.82 bits per heavy atom. The van der Waals surface area contributed by atoms with E-state index in [1.807, 2.05) is 20.9 Å². The quantitative estimate of drug-likeness (QED) is 0.171. The lowest BCUT2D eigenvalue weighted by molar-refractivity contribution is 0.994. The lowest BCUT2D eigenvalue weighted by atomic mass is 9.83. The first-order chi connectivity index (χ1) is 25.2. The third-order valence-corrected chi connectivity index (χ3v) is 9.82. The van der Waals surface area contributed by atoms with Crippen molar-refractivity contribution in [1.29, 1.82) is 0 Å². The summed E-state index contributed by atoms with van der Waals surface area (Å²) >= 11 is 0. The maximum atomic E-state index is 3.65. The van der Waals surface area contributed by atoms with E-state index >= 15 is 0 Å². The molecule has 0 spiro atoms. The van der Waals surface area contributed by atoms with E-state index in [1.54, 1.807) is 0 Å². The van der Waals surface area contributed by atoms with Crippen LogP contribution in [0.15, 0.2) is 182 Å². The van der Waals surface area contributed by atoms with Crippen LogP contribution in [0.1, 0.15) is 54.9 Å². The molecule has 0 saturated heterocycles. The number of fused-ring (bicyclic) bond motifs is 2. The normalized spacial score (nSPS) is 13.3. The van der Waals surface area contributed by atoms with E-state index < -0.39 is 0 Å². The minimum absolute atomic E-state index is 0.0423. The third kappa shape index (κ3) is 7.21. The van der Waals surface area contributed by atoms with Crippen molar-refractivity contribution in [3.05, 3.63) is 204 Å². The number of rotatable bonds is 8. The van der Waals surface area contributed by atoms with Crippen molar-refractivity contribution in [2.24, 2.45) is 0 Å². The highest BCUT2D eigenvalue weighted by atomic mass is 14.8. The minimum atomic E-state index is 0.0423. The monoisotopic (exact) mass is 659 g/mol. The van der Waals surface area contributed by atoms with Crippen molar-refractivity contribution in [3.8, 4) is 22.3 Å². The Kier molecular flexibility index (Phi) is 10.4. The highest BCUT2D eigenvalue weighted by Crippen LogP contribution is 2.39. The number of benzene rings is 7. The van der Waals surface area contributed by atoms with Gasteiger partial charge in [-0.1, -0.05) is 172 Å². The van der Waals surface area contributed by atoms with Crippen LogP contribution in [0.2, 0.25) is 0 Å². The number of hydrogen-bond donors (Lipinski definition) is 1. The first kappa shape index (κ1) is 33.6. The maximum absolute atomic E-state index is 3.65. The molecule has 0 amide bonds. The molecule has 1 heteroatoms. The Morgan fingerprint density at radius 1 is 0.549 bits per heavy atom. The zero-order chi connectivity index (χ0) is 35.0. The zero-order valence-corrected chi connectivity index (χ0v) is 29.8. The summed E-state index contributed by atoms with van der Waals surface area (Å²) in [6, 6.07) is 57.6. The van der Waals surface area contributed by atoms with Crippen molar-refractivity contribution in [3.63, 3.8) is 0 Å². The molecule has 1 aliphatic rings. The fourth-order valence-electron chi connectivity index (χ4n) is 7.27. The fraction of sp³-hybridized carbons (Fsp3) is 0.120. The van der Waals surface area contributed by atoms with Gasteiger partial charge >= 0.3 is 0 Å². The van der Waals surface area contributed by atoms with E-state index in [0.29, 0.717) is 0 Å². The molecular formula is C50H45N. The van der Waals surface area contributed by atoms with Gasteiger partial charge in [-0.2, -0.15) is 0 Å². The van der Waals surface area contributed by atoms with E-state index in [0.717, 1.165) is 18.5 Å². The molecule has 1 N–H and O–H groups in total. The SMILES string of the molecule is CC.CN/C(=C\C(c1ccccc1)c1ccccc1C1=CCCC=C1)c1ccc(-c2ccc3ccccc3c2)cc1-c1ccc2ccccc2c1. The average molecular weight is 660 g/mol. The molecular weight excluding hydrogens is 615 g/mol. The summed E-state index contributed by atoms with van der Waals surface area (Å²) in [5.41, 5.74) is 12.3. The van der Waals surface area contributed by atoms with E-state index in [2.05, 4.69) is 187 Å². The van der Waals surface area contributed by atoms with Crippen molar-refractivity contribution >= 4 is 32.8 Å². The molecule has 0 aliphatic heterocycles.